The molecule has 3 nitrogen and oxygen atoms in total. The number of benzene rings is 1. The molecule has 90 valence electrons. The summed E-state index contributed by atoms with van der Waals surface area (Å²) in [5.41, 5.74) is 5.28. The van der Waals surface area contributed by atoms with E-state index in [0.717, 1.165) is 24.2 Å². The van der Waals surface area contributed by atoms with E-state index in [0.29, 0.717) is 0 Å². The summed E-state index contributed by atoms with van der Waals surface area (Å²) in [6, 6.07) is 12.4. The second-order valence-electron chi connectivity index (χ2n) is 4.06. The van der Waals surface area contributed by atoms with Crippen LogP contribution >= 0.6 is 0 Å². The van der Waals surface area contributed by atoms with E-state index in [1.54, 1.807) is 6.26 Å². The molecule has 0 radical (unpaired) electrons. The maximum atomic E-state index is 5.64. The lowest BCUT2D eigenvalue weighted by Crippen LogP contribution is -2.29. The fraction of sp³-hybridized carbons (Fsp3) is 0.286. The predicted molar refractivity (Wildman–Crippen MR) is 68.3 cm³/mol. The summed E-state index contributed by atoms with van der Waals surface area (Å²) in [5.74, 6) is 6.65. The van der Waals surface area contributed by atoms with E-state index in [2.05, 4.69) is 24.5 Å². The van der Waals surface area contributed by atoms with Crippen LogP contribution in [0.1, 0.15) is 29.9 Å². The number of hydrogen-bond acceptors (Lipinski definition) is 3. The molecule has 0 saturated carbocycles. The lowest BCUT2D eigenvalue weighted by atomic mass is 9.99. The molecule has 1 unspecified atom stereocenters. The molecule has 2 rings (SSSR count). The highest BCUT2D eigenvalue weighted by Crippen LogP contribution is 2.22. The summed E-state index contributed by atoms with van der Waals surface area (Å²) in [6.45, 7) is 2.08. The second-order valence-corrected chi connectivity index (χ2v) is 4.06. The van der Waals surface area contributed by atoms with Crippen molar-refractivity contribution in [3.8, 4) is 0 Å². The Morgan fingerprint density at radius 1 is 1.24 bits per heavy atom. The van der Waals surface area contributed by atoms with Gasteiger partial charge in [-0.25, -0.2) is 0 Å². The minimum absolute atomic E-state index is 0.103. The first-order valence-electron chi connectivity index (χ1n) is 5.91. The smallest absolute Gasteiger partial charge is 0.108 e. The van der Waals surface area contributed by atoms with E-state index in [-0.39, 0.29) is 6.04 Å². The van der Waals surface area contributed by atoms with E-state index >= 15 is 0 Å². The fourth-order valence-electron chi connectivity index (χ4n) is 2.06. The van der Waals surface area contributed by atoms with Gasteiger partial charge in [-0.1, -0.05) is 37.3 Å². The number of hydrazine groups is 1. The zero-order valence-corrected chi connectivity index (χ0v) is 10.0. The topological polar surface area (TPSA) is 51.2 Å². The molecule has 3 heteroatoms. The van der Waals surface area contributed by atoms with Gasteiger partial charge in [-0.15, -0.1) is 0 Å². The highest BCUT2D eigenvalue weighted by Gasteiger charge is 2.15. The molecular weight excluding hydrogens is 212 g/mol. The van der Waals surface area contributed by atoms with Gasteiger partial charge in [0, 0.05) is 12.0 Å². The number of nitrogens with two attached hydrogens (primary N) is 1. The van der Waals surface area contributed by atoms with Crippen LogP contribution in [0.25, 0.3) is 0 Å². The Hall–Kier alpha value is -1.58. The number of aryl methyl sites for hydroxylation is 1. The number of nitrogens with one attached hydrogen (secondary N) is 1. The van der Waals surface area contributed by atoms with Crippen molar-refractivity contribution in [1.82, 2.24) is 5.43 Å². The third-order valence-electron chi connectivity index (χ3n) is 2.96. The summed E-state index contributed by atoms with van der Waals surface area (Å²) in [7, 11) is 0. The van der Waals surface area contributed by atoms with E-state index in [4.69, 9.17) is 10.3 Å². The fourth-order valence-corrected chi connectivity index (χ4v) is 2.06. The number of furan rings is 1. The van der Waals surface area contributed by atoms with Crippen LogP contribution in [0.4, 0.5) is 0 Å². The van der Waals surface area contributed by atoms with Gasteiger partial charge in [-0.3, -0.25) is 11.3 Å². The zero-order valence-electron chi connectivity index (χ0n) is 10.0. The largest absolute Gasteiger partial charge is 0.469 e. The van der Waals surface area contributed by atoms with Gasteiger partial charge in [0.15, 0.2) is 0 Å². The Morgan fingerprint density at radius 2 is 2.00 bits per heavy atom. The van der Waals surface area contributed by atoms with Gasteiger partial charge in [0.1, 0.15) is 5.76 Å². The molecule has 0 aliphatic carbocycles. The van der Waals surface area contributed by atoms with Gasteiger partial charge in [0.2, 0.25) is 0 Å². The third-order valence-corrected chi connectivity index (χ3v) is 2.96. The van der Waals surface area contributed by atoms with Gasteiger partial charge in [-0.05, 0) is 18.1 Å². The predicted octanol–water partition coefficient (Wildman–Crippen LogP) is 2.59. The van der Waals surface area contributed by atoms with Crippen molar-refractivity contribution in [1.29, 1.82) is 0 Å². The average molecular weight is 230 g/mol. The average Bonchev–Trinajstić information content (AvgIpc) is 2.85. The molecular formula is C14H18N2O. The van der Waals surface area contributed by atoms with Crippen molar-refractivity contribution in [2.75, 3.05) is 0 Å². The maximum absolute atomic E-state index is 5.64. The lowest BCUT2D eigenvalue weighted by Gasteiger charge is -2.15. The summed E-state index contributed by atoms with van der Waals surface area (Å²) in [4.78, 5) is 0. The van der Waals surface area contributed by atoms with Crippen LogP contribution in [-0.2, 0) is 12.8 Å². The van der Waals surface area contributed by atoms with Crippen molar-refractivity contribution in [3.05, 3.63) is 59.5 Å². The molecule has 0 bridgehead atoms. The van der Waals surface area contributed by atoms with Crippen LogP contribution in [0, 0.1) is 0 Å². The van der Waals surface area contributed by atoms with Crippen molar-refractivity contribution >= 4 is 0 Å². The minimum atomic E-state index is 0.103. The van der Waals surface area contributed by atoms with Crippen LogP contribution < -0.4 is 11.3 Å². The summed E-state index contributed by atoms with van der Waals surface area (Å²) in [5, 5.41) is 0. The van der Waals surface area contributed by atoms with E-state index in [9.17, 15) is 0 Å². The van der Waals surface area contributed by atoms with Crippen LogP contribution in [0.15, 0.2) is 47.1 Å². The molecule has 1 heterocycles. The zero-order chi connectivity index (χ0) is 12.1. The standard InChI is InChI=1S/C14H18N2O/c1-2-14-12(8-9-17-14)13(16-15)10-11-6-4-3-5-7-11/h3-9,13,16H,2,10,15H2,1H3. The molecule has 3 N–H and O–H groups in total. The lowest BCUT2D eigenvalue weighted by molar-refractivity contribution is 0.487. The van der Waals surface area contributed by atoms with Crippen LogP contribution in [-0.4, -0.2) is 0 Å². The van der Waals surface area contributed by atoms with E-state index in [1.165, 1.54) is 5.56 Å². The van der Waals surface area contributed by atoms with Gasteiger partial charge >= 0.3 is 0 Å². The van der Waals surface area contributed by atoms with Gasteiger partial charge in [-0.2, -0.15) is 0 Å². The van der Waals surface area contributed by atoms with Crippen LogP contribution in [0.5, 0.6) is 0 Å². The van der Waals surface area contributed by atoms with Crippen molar-refractivity contribution in [2.24, 2.45) is 5.84 Å². The highest BCUT2D eigenvalue weighted by molar-refractivity contribution is 5.25. The summed E-state index contributed by atoms with van der Waals surface area (Å²) in [6.07, 6.45) is 3.47. The number of hydrogen-bond donors (Lipinski definition) is 2. The molecule has 1 aromatic heterocycles. The molecule has 0 spiro atoms. The normalized spacial score (nSPS) is 12.6. The Labute approximate surface area is 102 Å². The molecule has 17 heavy (non-hydrogen) atoms. The first kappa shape index (κ1) is 11.9. The van der Waals surface area contributed by atoms with Gasteiger partial charge in [0.05, 0.1) is 12.3 Å². The molecule has 2 aromatic rings. The quantitative estimate of drug-likeness (QED) is 0.613. The van der Waals surface area contributed by atoms with Crippen molar-refractivity contribution in [2.45, 2.75) is 25.8 Å². The van der Waals surface area contributed by atoms with Gasteiger partial charge in [0.25, 0.3) is 0 Å². The van der Waals surface area contributed by atoms with Gasteiger partial charge < -0.3 is 4.42 Å². The van der Waals surface area contributed by atoms with Crippen molar-refractivity contribution in [3.63, 3.8) is 0 Å². The first-order valence-corrected chi connectivity index (χ1v) is 5.91. The van der Waals surface area contributed by atoms with E-state index in [1.807, 2.05) is 24.3 Å². The Kier molecular flexibility index (Phi) is 3.96. The molecule has 0 aliphatic heterocycles. The van der Waals surface area contributed by atoms with E-state index < -0.39 is 0 Å². The minimum Gasteiger partial charge on any atom is -0.469 e. The second kappa shape index (κ2) is 5.66. The van der Waals surface area contributed by atoms with Crippen LogP contribution in [0.3, 0.4) is 0 Å². The molecule has 0 saturated heterocycles. The third kappa shape index (κ3) is 2.75. The SMILES string of the molecule is CCc1occc1C(Cc1ccccc1)NN. The number of rotatable bonds is 5. The molecule has 1 aromatic carbocycles. The summed E-state index contributed by atoms with van der Waals surface area (Å²) >= 11 is 0. The Morgan fingerprint density at radius 3 is 2.65 bits per heavy atom. The maximum Gasteiger partial charge on any atom is 0.108 e. The monoisotopic (exact) mass is 230 g/mol. The summed E-state index contributed by atoms with van der Waals surface area (Å²) < 4.78 is 5.44. The first-order chi connectivity index (χ1) is 8.35. The highest BCUT2D eigenvalue weighted by atomic mass is 16.3. The van der Waals surface area contributed by atoms with Crippen LogP contribution in [0.2, 0.25) is 0 Å². The van der Waals surface area contributed by atoms with Crippen molar-refractivity contribution < 1.29 is 4.42 Å². The Bertz CT molecular complexity index is 450. The molecule has 0 amide bonds. The molecule has 0 aliphatic rings. The molecule has 1 atom stereocenters. The Balaban J connectivity index is 2.17. The molecule has 0 fully saturated rings.